The van der Waals surface area contributed by atoms with E-state index in [9.17, 15) is 8.78 Å². The maximum atomic E-state index is 12.5. The van der Waals surface area contributed by atoms with E-state index in [1.807, 2.05) is 60.7 Å². The molecule has 2 rings (SSSR count). The smallest absolute Gasteiger partial charge is 0.174 e. The van der Waals surface area contributed by atoms with Gasteiger partial charge in [-0.1, -0.05) is 36.4 Å². The monoisotopic (exact) mass is 294 g/mol. The van der Waals surface area contributed by atoms with Crippen LogP contribution in [-0.2, 0) is 0 Å². The molecule has 0 aliphatic carbocycles. The Morgan fingerprint density at radius 3 is 1.58 bits per heavy atom. The van der Waals surface area contributed by atoms with Gasteiger partial charge in [-0.25, -0.2) is 0 Å². The Kier molecular flexibility index (Phi) is 5.48. The maximum absolute atomic E-state index is 12.5. The maximum Gasteiger partial charge on any atom is 0.268 e. The molecule has 0 spiro atoms. The van der Waals surface area contributed by atoms with Gasteiger partial charge in [0.15, 0.2) is 0 Å². The zero-order valence-corrected chi connectivity index (χ0v) is 11.6. The lowest BCUT2D eigenvalue weighted by molar-refractivity contribution is 0.420. The summed E-state index contributed by atoms with van der Waals surface area (Å²) in [7, 11) is 0. The van der Waals surface area contributed by atoms with Gasteiger partial charge in [0.2, 0.25) is 0 Å². The van der Waals surface area contributed by atoms with E-state index in [1.54, 1.807) is 0 Å². The van der Waals surface area contributed by atoms with Crippen LogP contribution in [0, 0.1) is 0 Å². The Labute approximate surface area is 119 Å². The summed E-state index contributed by atoms with van der Waals surface area (Å²) >= 11 is 2.84. The van der Waals surface area contributed by atoms with E-state index in [4.69, 9.17) is 0 Å². The zero-order chi connectivity index (χ0) is 13.5. The van der Waals surface area contributed by atoms with Crippen molar-refractivity contribution in [2.45, 2.75) is 14.4 Å². The first-order chi connectivity index (χ1) is 9.24. The molecular formula is C15H12F2S2. The molecule has 0 radical (unpaired) electrons. The molecular weight excluding hydrogens is 282 g/mol. The fourth-order valence-electron chi connectivity index (χ4n) is 1.46. The minimum Gasteiger partial charge on any atom is -0.174 e. The molecule has 0 fully saturated rings. The molecule has 2 aromatic rings. The molecule has 0 saturated heterocycles. The van der Waals surface area contributed by atoms with E-state index < -0.39 is 6.08 Å². The number of hydrogen-bond acceptors (Lipinski definition) is 2. The first kappa shape index (κ1) is 14.2. The van der Waals surface area contributed by atoms with Crippen molar-refractivity contribution in [1.82, 2.24) is 0 Å². The van der Waals surface area contributed by atoms with Gasteiger partial charge in [-0.2, -0.15) is 8.78 Å². The van der Waals surface area contributed by atoms with Crippen LogP contribution in [-0.4, -0.2) is 4.58 Å². The van der Waals surface area contributed by atoms with Crippen molar-refractivity contribution in [2.75, 3.05) is 0 Å². The summed E-state index contributed by atoms with van der Waals surface area (Å²) in [5.74, 6) is 0. The van der Waals surface area contributed by atoms with Crippen LogP contribution in [0.25, 0.3) is 0 Å². The van der Waals surface area contributed by atoms with E-state index in [0.29, 0.717) is 0 Å². The standard InChI is InChI=1S/C15H12F2S2/c16-14(17)11-15(18-12-7-3-1-4-8-12)19-13-9-5-2-6-10-13/h1-11,15H. The third-order valence-electron chi connectivity index (χ3n) is 2.25. The van der Waals surface area contributed by atoms with Gasteiger partial charge in [0.05, 0.1) is 4.58 Å². The van der Waals surface area contributed by atoms with Crippen LogP contribution in [0.15, 0.2) is 82.6 Å². The Morgan fingerprint density at radius 1 is 0.789 bits per heavy atom. The number of rotatable bonds is 5. The van der Waals surface area contributed by atoms with E-state index >= 15 is 0 Å². The molecule has 98 valence electrons. The first-order valence-corrected chi connectivity index (χ1v) is 7.46. The van der Waals surface area contributed by atoms with Crippen LogP contribution < -0.4 is 0 Å². The molecule has 0 bridgehead atoms. The van der Waals surface area contributed by atoms with E-state index in [-0.39, 0.29) is 4.58 Å². The van der Waals surface area contributed by atoms with Crippen molar-refractivity contribution in [1.29, 1.82) is 0 Å². The molecule has 2 aromatic carbocycles. The molecule has 0 N–H and O–H groups in total. The molecule has 0 atom stereocenters. The quantitative estimate of drug-likeness (QED) is 0.514. The number of benzene rings is 2. The van der Waals surface area contributed by atoms with E-state index in [0.717, 1.165) is 15.9 Å². The van der Waals surface area contributed by atoms with E-state index in [2.05, 4.69) is 0 Å². The molecule has 19 heavy (non-hydrogen) atoms. The molecule has 0 aliphatic rings. The highest BCUT2D eigenvalue weighted by Crippen LogP contribution is 2.36. The Hall–Kier alpha value is -1.26. The van der Waals surface area contributed by atoms with E-state index in [1.165, 1.54) is 23.5 Å². The van der Waals surface area contributed by atoms with Gasteiger partial charge >= 0.3 is 0 Å². The Bertz CT molecular complexity index is 481. The van der Waals surface area contributed by atoms with Crippen LogP contribution in [0.2, 0.25) is 0 Å². The van der Waals surface area contributed by atoms with Gasteiger partial charge in [-0.15, -0.1) is 23.5 Å². The summed E-state index contributed by atoms with van der Waals surface area (Å²) in [5, 5.41) is 0. The number of halogens is 2. The van der Waals surface area contributed by atoms with Crippen molar-refractivity contribution in [3.8, 4) is 0 Å². The van der Waals surface area contributed by atoms with Crippen molar-refractivity contribution in [3.63, 3.8) is 0 Å². The molecule has 0 unspecified atom stereocenters. The van der Waals surface area contributed by atoms with Crippen LogP contribution in [0.3, 0.4) is 0 Å². The molecule has 0 heterocycles. The third-order valence-corrected chi connectivity index (χ3v) is 4.66. The van der Waals surface area contributed by atoms with Crippen molar-refractivity contribution in [3.05, 3.63) is 72.8 Å². The van der Waals surface area contributed by atoms with Gasteiger partial charge < -0.3 is 0 Å². The van der Waals surface area contributed by atoms with Gasteiger partial charge in [-0.05, 0) is 24.3 Å². The topological polar surface area (TPSA) is 0 Å². The fourth-order valence-corrected chi connectivity index (χ4v) is 3.83. The van der Waals surface area contributed by atoms with Crippen LogP contribution >= 0.6 is 23.5 Å². The molecule has 0 amide bonds. The molecule has 4 heteroatoms. The minimum absolute atomic E-state index is 0.338. The molecule has 0 aliphatic heterocycles. The fraction of sp³-hybridized carbons (Fsp3) is 0.0667. The average Bonchev–Trinajstić information content (AvgIpc) is 2.40. The SMILES string of the molecule is FC(F)=CC(Sc1ccccc1)Sc1ccccc1. The molecule has 0 aromatic heterocycles. The predicted molar refractivity (Wildman–Crippen MR) is 78.7 cm³/mol. The summed E-state index contributed by atoms with van der Waals surface area (Å²) in [4.78, 5) is 1.96. The van der Waals surface area contributed by atoms with Gasteiger partial charge in [0.25, 0.3) is 6.08 Å². The summed E-state index contributed by atoms with van der Waals surface area (Å²) in [6.45, 7) is 0. The second-order valence-corrected chi connectivity index (χ2v) is 6.41. The first-order valence-electron chi connectivity index (χ1n) is 5.70. The zero-order valence-electron chi connectivity index (χ0n) is 10.0. The third kappa shape index (κ3) is 5.09. The van der Waals surface area contributed by atoms with Crippen LogP contribution in [0.4, 0.5) is 8.78 Å². The number of thioether (sulfide) groups is 2. The number of hydrogen-bond donors (Lipinski definition) is 0. The van der Waals surface area contributed by atoms with Gasteiger partial charge in [-0.3, -0.25) is 0 Å². The normalized spacial score (nSPS) is 10.5. The van der Waals surface area contributed by atoms with Crippen LogP contribution in [0.5, 0.6) is 0 Å². The van der Waals surface area contributed by atoms with Crippen molar-refractivity contribution < 1.29 is 8.78 Å². The molecule has 0 saturated carbocycles. The lowest BCUT2D eigenvalue weighted by atomic mass is 10.4. The van der Waals surface area contributed by atoms with Gasteiger partial charge in [0.1, 0.15) is 0 Å². The summed E-state index contributed by atoms with van der Waals surface area (Å²) in [6, 6.07) is 19.1. The largest absolute Gasteiger partial charge is 0.268 e. The van der Waals surface area contributed by atoms with Crippen molar-refractivity contribution >= 4 is 23.5 Å². The van der Waals surface area contributed by atoms with Gasteiger partial charge in [0, 0.05) is 15.9 Å². The molecule has 0 nitrogen and oxygen atoms in total. The average molecular weight is 294 g/mol. The summed E-state index contributed by atoms with van der Waals surface area (Å²) < 4.78 is 24.7. The summed E-state index contributed by atoms with van der Waals surface area (Å²) in [5.41, 5.74) is 0. The highest BCUT2D eigenvalue weighted by Gasteiger charge is 2.11. The lowest BCUT2D eigenvalue weighted by Crippen LogP contribution is -1.92. The summed E-state index contributed by atoms with van der Waals surface area (Å²) in [6.07, 6.45) is -0.646. The highest BCUT2D eigenvalue weighted by atomic mass is 32.2. The van der Waals surface area contributed by atoms with Crippen LogP contribution in [0.1, 0.15) is 0 Å². The second kappa shape index (κ2) is 7.36. The van der Waals surface area contributed by atoms with Crippen molar-refractivity contribution in [2.24, 2.45) is 0 Å². The second-order valence-electron chi connectivity index (χ2n) is 3.69. The Morgan fingerprint density at radius 2 is 1.21 bits per heavy atom. The minimum atomic E-state index is -1.64. The Balaban J connectivity index is 2.11. The predicted octanol–water partition coefficient (Wildman–Crippen LogP) is 5.68. The lowest BCUT2D eigenvalue weighted by Gasteiger charge is -2.11. The highest BCUT2D eigenvalue weighted by molar-refractivity contribution is 8.17.